The number of hydrogen-bond acceptors (Lipinski definition) is 5. The van der Waals surface area contributed by atoms with Gasteiger partial charge in [0.1, 0.15) is 0 Å². The van der Waals surface area contributed by atoms with E-state index in [1.165, 1.54) is 21.9 Å². The Morgan fingerprint density at radius 2 is 2.08 bits per heavy atom. The zero-order valence-electron chi connectivity index (χ0n) is 14.8. The molecule has 0 radical (unpaired) electrons. The lowest BCUT2D eigenvalue weighted by atomic mass is 10.0. The first-order chi connectivity index (χ1) is 12.3. The summed E-state index contributed by atoms with van der Waals surface area (Å²) in [6.07, 6.45) is 6.19. The van der Waals surface area contributed by atoms with Gasteiger partial charge in [0.05, 0.1) is 17.6 Å². The number of anilines is 2. The van der Waals surface area contributed by atoms with Crippen molar-refractivity contribution in [1.82, 2.24) is 4.98 Å². The van der Waals surface area contributed by atoms with Crippen LogP contribution in [0.1, 0.15) is 46.3 Å². The highest BCUT2D eigenvalue weighted by Gasteiger charge is 2.32. The van der Waals surface area contributed by atoms with Gasteiger partial charge < -0.3 is 0 Å². The molecule has 2 heterocycles. The van der Waals surface area contributed by atoms with Crippen LogP contribution in [0.5, 0.6) is 0 Å². The minimum atomic E-state index is -3.32. The Labute approximate surface area is 157 Å². The lowest BCUT2D eigenvalue weighted by molar-refractivity contribution is 0.102. The summed E-state index contributed by atoms with van der Waals surface area (Å²) in [6.45, 7) is 1.88. The van der Waals surface area contributed by atoms with Gasteiger partial charge in [0, 0.05) is 16.5 Å². The molecule has 0 spiro atoms. The third-order valence-corrected chi connectivity index (χ3v) is 7.26. The summed E-state index contributed by atoms with van der Waals surface area (Å²) < 4.78 is 25.4. The van der Waals surface area contributed by atoms with E-state index in [4.69, 9.17) is 0 Å². The number of aryl methyl sites for hydroxylation is 2. The van der Waals surface area contributed by atoms with Gasteiger partial charge >= 0.3 is 0 Å². The van der Waals surface area contributed by atoms with Crippen LogP contribution in [-0.4, -0.2) is 31.6 Å². The van der Waals surface area contributed by atoms with Crippen LogP contribution in [0.15, 0.2) is 18.2 Å². The van der Waals surface area contributed by atoms with Crippen molar-refractivity contribution in [2.24, 2.45) is 0 Å². The molecule has 2 aliphatic rings. The predicted octanol–water partition coefficient (Wildman–Crippen LogP) is 2.98. The molecule has 1 aliphatic carbocycles. The van der Waals surface area contributed by atoms with Crippen molar-refractivity contribution in [3.8, 4) is 0 Å². The molecule has 4 rings (SSSR count). The quantitative estimate of drug-likeness (QED) is 0.872. The number of benzene rings is 1. The maximum absolute atomic E-state index is 12.6. The fourth-order valence-electron chi connectivity index (χ4n) is 3.82. The van der Waals surface area contributed by atoms with Crippen molar-refractivity contribution in [1.29, 1.82) is 0 Å². The number of carbonyl (C=O) groups is 1. The molecule has 138 valence electrons. The minimum absolute atomic E-state index is 0.135. The number of hydrogen-bond donors (Lipinski definition) is 1. The zero-order chi connectivity index (χ0) is 18.5. The van der Waals surface area contributed by atoms with Gasteiger partial charge in [-0.25, -0.2) is 13.4 Å². The maximum atomic E-state index is 12.6. The number of fused-ring (bicyclic) bond motifs is 2. The van der Waals surface area contributed by atoms with E-state index in [0.717, 1.165) is 30.5 Å². The molecule has 6 nitrogen and oxygen atoms in total. The molecule has 0 saturated heterocycles. The summed E-state index contributed by atoms with van der Waals surface area (Å²) in [7, 11) is -3.32. The number of amides is 1. The Hall–Kier alpha value is -1.93. The molecular weight excluding hydrogens is 370 g/mol. The second-order valence-electron chi connectivity index (χ2n) is 7.01. The summed E-state index contributed by atoms with van der Waals surface area (Å²) in [4.78, 5) is 18.4. The molecule has 0 fully saturated rings. The second kappa shape index (κ2) is 6.35. The molecule has 1 aromatic heterocycles. The van der Waals surface area contributed by atoms with Crippen molar-refractivity contribution in [2.75, 3.05) is 15.9 Å². The van der Waals surface area contributed by atoms with E-state index >= 15 is 0 Å². The van der Waals surface area contributed by atoms with Gasteiger partial charge in [-0.2, -0.15) is 0 Å². The van der Waals surface area contributed by atoms with E-state index in [9.17, 15) is 13.2 Å². The summed E-state index contributed by atoms with van der Waals surface area (Å²) in [5.41, 5.74) is 3.19. The minimum Gasteiger partial charge on any atom is -0.298 e. The number of rotatable bonds is 3. The molecule has 1 aromatic carbocycles. The Kier molecular flexibility index (Phi) is 4.27. The van der Waals surface area contributed by atoms with Gasteiger partial charge in [-0.3, -0.25) is 14.4 Å². The number of aromatic nitrogens is 1. The number of carbonyl (C=O) groups excluding carboxylic acids is 1. The maximum Gasteiger partial charge on any atom is 0.257 e. The Morgan fingerprint density at radius 3 is 2.81 bits per heavy atom. The summed E-state index contributed by atoms with van der Waals surface area (Å²) in [5, 5.41) is 3.54. The lowest BCUT2D eigenvalue weighted by Gasteiger charge is -2.21. The normalized spacial score (nSPS) is 19.2. The second-order valence-corrected chi connectivity index (χ2v) is 9.95. The first-order valence-electron chi connectivity index (χ1n) is 8.75. The highest BCUT2D eigenvalue weighted by atomic mass is 32.2. The summed E-state index contributed by atoms with van der Waals surface area (Å²) in [6, 6.07) is 5.06. The van der Waals surface area contributed by atoms with Gasteiger partial charge in [0.15, 0.2) is 5.13 Å². The average molecular weight is 392 g/mol. The van der Waals surface area contributed by atoms with Crippen LogP contribution >= 0.6 is 11.3 Å². The van der Waals surface area contributed by atoms with E-state index in [2.05, 4.69) is 10.3 Å². The van der Waals surface area contributed by atoms with Crippen LogP contribution in [0.25, 0.3) is 0 Å². The third kappa shape index (κ3) is 3.12. The SMILES string of the molecule is C[C@@H]1Cc2cc(C(=O)Nc3nc4c(s3)CCCC4)ccc2N1S(C)(=O)=O. The highest BCUT2D eigenvalue weighted by molar-refractivity contribution is 7.92. The molecule has 26 heavy (non-hydrogen) atoms. The van der Waals surface area contributed by atoms with E-state index in [1.54, 1.807) is 29.5 Å². The monoisotopic (exact) mass is 391 g/mol. The van der Waals surface area contributed by atoms with Crippen molar-refractivity contribution in [2.45, 2.75) is 45.1 Å². The molecule has 1 aliphatic heterocycles. The number of nitrogens with one attached hydrogen (secondary N) is 1. The van der Waals surface area contributed by atoms with Gasteiger partial charge in [-0.05, 0) is 62.8 Å². The van der Waals surface area contributed by atoms with Gasteiger partial charge in [0.2, 0.25) is 10.0 Å². The number of nitrogens with zero attached hydrogens (tertiary/aromatic N) is 2. The van der Waals surface area contributed by atoms with Gasteiger partial charge in [-0.15, -0.1) is 11.3 Å². The molecule has 8 heteroatoms. The van der Waals surface area contributed by atoms with Crippen LogP contribution in [0.4, 0.5) is 10.8 Å². The molecule has 0 bridgehead atoms. The third-order valence-electron chi connectivity index (χ3n) is 4.92. The number of sulfonamides is 1. The van der Waals surface area contributed by atoms with Crippen molar-refractivity contribution in [3.63, 3.8) is 0 Å². The first-order valence-corrected chi connectivity index (χ1v) is 11.4. The van der Waals surface area contributed by atoms with E-state index in [1.807, 2.05) is 6.92 Å². The number of thiazole rings is 1. The van der Waals surface area contributed by atoms with E-state index < -0.39 is 10.0 Å². The highest BCUT2D eigenvalue weighted by Crippen LogP contribution is 2.35. The van der Waals surface area contributed by atoms with Crippen LogP contribution in [0, 0.1) is 0 Å². The van der Waals surface area contributed by atoms with Crippen molar-refractivity contribution < 1.29 is 13.2 Å². The summed E-state index contributed by atoms with van der Waals surface area (Å²) >= 11 is 1.56. The average Bonchev–Trinajstić information content (AvgIpc) is 3.12. The van der Waals surface area contributed by atoms with Gasteiger partial charge in [0.25, 0.3) is 5.91 Å². The molecule has 1 N–H and O–H groups in total. The Bertz CT molecular complexity index is 958. The van der Waals surface area contributed by atoms with Gasteiger partial charge in [-0.1, -0.05) is 0 Å². The Balaban J connectivity index is 1.57. The smallest absolute Gasteiger partial charge is 0.257 e. The molecule has 1 atom stereocenters. The fourth-order valence-corrected chi connectivity index (χ4v) is 6.13. The van der Waals surface area contributed by atoms with Crippen LogP contribution in [0.3, 0.4) is 0 Å². The lowest BCUT2D eigenvalue weighted by Crippen LogP contribution is -2.34. The molecule has 2 aromatic rings. The predicted molar refractivity (Wildman–Crippen MR) is 104 cm³/mol. The van der Waals surface area contributed by atoms with Crippen molar-refractivity contribution >= 4 is 38.1 Å². The first kappa shape index (κ1) is 17.5. The van der Waals surface area contributed by atoms with Crippen LogP contribution in [-0.2, 0) is 29.3 Å². The van der Waals surface area contributed by atoms with Crippen LogP contribution < -0.4 is 9.62 Å². The van der Waals surface area contributed by atoms with E-state index in [0.29, 0.717) is 22.8 Å². The molecule has 0 unspecified atom stereocenters. The zero-order valence-corrected chi connectivity index (χ0v) is 16.4. The van der Waals surface area contributed by atoms with E-state index in [-0.39, 0.29) is 11.9 Å². The fraction of sp³-hybridized carbons (Fsp3) is 0.444. The van der Waals surface area contributed by atoms with Crippen LogP contribution in [0.2, 0.25) is 0 Å². The topological polar surface area (TPSA) is 79.4 Å². The molecule has 0 saturated carbocycles. The Morgan fingerprint density at radius 1 is 1.31 bits per heavy atom. The summed E-state index contributed by atoms with van der Waals surface area (Å²) in [5.74, 6) is -0.204. The largest absolute Gasteiger partial charge is 0.298 e. The standard InChI is InChI=1S/C18H21N3O3S2/c1-11-9-13-10-12(7-8-15(13)21(11)26(2,23)24)17(22)20-18-19-14-5-3-4-6-16(14)25-18/h7-8,10-11H,3-6,9H2,1-2H3,(H,19,20,22)/t11-/m1/s1. The van der Waals surface area contributed by atoms with Crippen molar-refractivity contribution in [3.05, 3.63) is 39.9 Å². The molecule has 1 amide bonds. The molecular formula is C18H21N3O3S2.